The molecule has 0 fully saturated rings. The van der Waals surface area contributed by atoms with Gasteiger partial charge in [0, 0.05) is 36.2 Å². The fourth-order valence-corrected chi connectivity index (χ4v) is 3.10. The summed E-state index contributed by atoms with van der Waals surface area (Å²) in [5.74, 6) is 0.667. The van der Waals surface area contributed by atoms with Gasteiger partial charge in [0.2, 0.25) is 0 Å². The summed E-state index contributed by atoms with van der Waals surface area (Å²) in [5.41, 5.74) is 3.29. The molecule has 0 aromatic heterocycles. The first kappa shape index (κ1) is 22.7. The Labute approximate surface area is 188 Å². The molecule has 166 valence electrons. The highest BCUT2D eigenvalue weighted by molar-refractivity contribution is 6.01. The molecule has 3 rings (SSSR count). The van der Waals surface area contributed by atoms with E-state index in [-0.39, 0.29) is 12.1 Å². The third-order valence-corrected chi connectivity index (χ3v) is 4.79. The van der Waals surface area contributed by atoms with Gasteiger partial charge in [-0.1, -0.05) is 42.0 Å². The zero-order chi connectivity index (χ0) is 22.8. The molecule has 0 saturated heterocycles. The third-order valence-electron chi connectivity index (χ3n) is 4.79. The lowest BCUT2D eigenvalue weighted by molar-refractivity contribution is 0.252. The molecular weight excluding hydrogens is 404 g/mol. The minimum Gasteiger partial charge on any atom is -0.497 e. The summed E-state index contributed by atoms with van der Waals surface area (Å²) in [6, 6.07) is 23.7. The van der Waals surface area contributed by atoms with Crippen LogP contribution in [0.4, 0.5) is 26.7 Å². The molecular formula is C25H28N4O3. The van der Waals surface area contributed by atoms with Gasteiger partial charge >= 0.3 is 12.1 Å². The molecule has 0 spiro atoms. The normalized spacial score (nSPS) is 10.2. The Morgan fingerprint density at radius 1 is 0.875 bits per heavy atom. The van der Waals surface area contributed by atoms with Crippen molar-refractivity contribution in [2.24, 2.45) is 0 Å². The van der Waals surface area contributed by atoms with E-state index in [1.807, 2.05) is 67.6 Å². The number of carbonyl (C=O) groups excluding carboxylic acids is 2. The number of aryl methyl sites for hydroxylation is 1. The van der Waals surface area contributed by atoms with Gasteiger partial charge in [-0.25, -0.2) is 9.59 Å². The largest absolute Gasteiger partial charge is 0.497 e. The molecule has 7 nitrogen and oxygen atoms in total. The van der Waals surface area contributed by atoms with Crippen molar-refractivity contribution in [2.75, 3.05) is 35.7 Å². The molecule has 0 atom stereocenters. The molecule has 3 N–H and O–H groups in total. The minimum atomic E-state index is -0.311. The van der Waals surface area contributed by atoms with E-state index >= 15 is 0 Å². The number of nitrogens with one attached hydrogen (secondary N) is 3. The van der Waals surface area contributed by atoms with Crippen molar-refractivity contribution in [3.63, 3.8) is 0 Å². The first-order valence-electron chi connectivity index (χ1n) is 10.4. The fraction of sp³-hybridized carbons (Fsp3) is 0.200. The van der Waals surface area contributed by atoms with E-state index in [4.69, 9.17) is 4.74 Å². The number of rotatable bonds is 8. The molecule has 7 heteroatoms. The number of urea groups is 2. The van der Waals surface area contributed by atoms with E-state index in [1.54, 1.807) is 30.2 Å². The van der Waals surface area contributed by atoms with Gasteiger partial charge in [0.25, 0.3) is 0 Å². The van der Waals surface area contributed by atoms with Crippen LogP contribution in [-0.2, 0) is 0 Å². The van der Waals surface area contributed by atoms with Crippen LogP contribution in [0.3, 0.4) is 0 Å². The quantitative estimate of drug-likeness (QED) is 0.425. The van der Waals surface area contributed by atoms with E-state index in [1.165, 1.54) is 0 Å². The fourth-order valence-electron chi connectivity index (χ4n) is 3.10. The smallest absolute Gasteiger partial charge is 0.326 e. The molecule has 0 aliphatic heterocycles. The number of hydrogen-bond donors (Lipinski definition) is 3. The number of amides is 4. The standard InChI is InChI=1S/C25H28N4O3/c1-19-12-14-20(15-13-19)28-25(31)29(22-9-4-3-5-10-22)17-7-16-26-24(30)27-21-8-6-11-23(18-21)32-2/h3-6,8-15,18H,7,16-17H2,1-2H3,(H,28,31)(H2,26,27,30). The second kappa shape index (κ2) is 11.4. The highest BCUT2D eigenvalue weighted by Crippen LogP contribution is 2.18. The van der Waals surface area contributed by atoms with Gasteiger partial charge in [-0.2, -0.15) is 0 Å². The van der Waals surface area contributed by atoms with Crippen molar-refractivity contribution in [1.82, 2.24) is 5.32 Å². The second-order valence-electron chi connectivity index (χ2n) is 7.25. The van der Waals surface area contributed by atoms with E-state index < -0.39 is 0 Å². The molecule has 0 unspecified atom stereocenters. The highest BCUT2D eigenvalue weighted by atomic mass is 16.5. The van der Waals surface area contributed by atoms with Crippen LogP contribution in [0.2, 0.25) is 0 Å². The van der Waals surface area contributed by atoms with Crippen molar-refractivity contribution in [2.45, 2.75) is 13.3 Å². The Bertz CT molecular complexity index is 1020. The van der Waals surface area contributed by atoms with Crippen LogP contribution in [0, 0.1) is 6.92 Å². The number of nitrogens with zero attached hydrogens (tertiary/aromatic N) is 1. The number of anilines is 3. The molecule has 0 bridgehead atoms. The molecule has 0 aliphatic rings. The maximum absolute atomic E-state index is 12.9. The maximum Gasteiger partial charge on any atom is 0.326 e. The van der Waals surface area contributed by atoms with Crippen LogP contribution in [0.15, 0.2) is 78.9 Å². The van der Waals surface area contributed by atoms with Crippen LogP contribution >= 0.6 is 0 Å². The van der Waals surface area contributed by atoms with Gasteiger partial charge < -0.3 is 20.7 Å². The molecule has 0 saturated carbocycles. The lowest BCUT2D eigenvalue weighted by Gasteiger charge is -2.23. The van der Waals surface area contributed by atoms with Crippen LogP contribution < -0.4 is 25.6 Å². The molecule has 0 aliphatic carbocycles. The summed E-state index contributed by atoms with van der Waals surface area (Å²) in [4.78, 5) is 26.8. The summed E-state index contributed by atoms with van der Waals surface area (Å²) in [6.07, 6.45) is 0.585. The van der Waals surface area contributed by atoms with E-state index in [9.17, 15) is 9.59 Å². The van der Waals surface area contributed by atoms with Crippen molar-refractivity contribution in [3.8, 4) is 5.75 Å². The number of hydrogen-bond acceptors (Lipinski definition) is 3. The van der Waals surface area contributed by atoms with Gasteiger partial charge in [-0.05, 0) is 49.7 Å². The molecule has 4 amide bonds. The molecule has 3 aromatic rings. The zero-order valence-corrected chi connectivity index (χ0v) is 18.3. The molecule has 0 radical (unpaired) electrons. The van der Waals surface area contributed by atoms with Gasteiger partial charge in [0.15, 0.2) is 0 Å². The molecule has 3 aromatic carbocycles. The molecule has 32 heavy (non-hydrogen) atoms. The molecule has 0 heterocycles. The minimum absolute atomic E-state index is 0.221. The SMILES string of the molecule is COc1cccc(NC(=O)NCCCN(C(=O)Nc2ccc(C)cc2)c2ccccc2)c1. The number of methoxy groups -OCH3 is 1. The summed E-state index contributed by atoms with van der Waals surface area (Å²) in [6.45, 7) is 2.86. The zero-order valence-electron chi connectivity index (χ0n) is 18.3. The summed E-state index contributed by atoms with van der Waals surface area (Å²) < 4.78 is 5.16. The second-order valence-corrected chi connectivity index (χ2v) is 7.25. The van der Waals surface area contributed by atoms with Gasteiger partial charge in [-0.15, -0.1) is 0 Å². The summed E-state index contributed by atoms with van der Waals surface area (Å²) in [7, 11) is 1.58. The van der Waals surface area contributed by atoms with Gasteiger partial charge in [0.05, 0.1) is 7.11 Å². The van der Waals surface area contributed by atoms with E-state index in [2.05, 4.69) is 16.0 Å². The lowest BCUT2D eigenvalue weighted by atomic mass is 10.2. The van der Waals surface area contributed by atoms with Crippen molar-refractivity contribution < 1.29 is 14.3 Å². The maximum atomic E-state index is 12.9. The number of para-hydroxylation sites is 1. The van der Waals surface area contributed by atoms with Crippen LogP contribution in [-0.4, -0.2) is 32.3 Å². The first-order chi connectivity index (χ1) is 15.5. The predicted molar refractivity (Wildman–Crippen MR) is 129 cm³/mol. The van der Waals surface area contributed by atoms with Crippen molar-refractivity contribution in [1.29, 1.82) is 0 Å². The average molecular weight is 433 g/mol. The number of carbonyl (C=O) groups is 2. The Kier molecular flexibility index (Phi) is 8.09. The summed E-state index contributed by atoms with van der Waals surface area (Å²) >= 11 is 0. The van der Waals surface area contributed by atoms with Crippen molar-refractivity contribution >= 4 is 29.1 Å². The first-order valence-corrected chi connectivity index (χ1v) is 10.4. The number of ether oxygens (including phenoxy) is 1. The van der Waals surface area contributed by atoms with Gasteiger partial charge in [-0.3, -0.25) is 4.90 Å². The highest BCUT2D eigenvalue weighted by Gasteiger charge is 2.15. The lowest BCUT2D eigenvalue weighted by Crippen LogP contribution is -2.38. The number of benzene rings is 3. The average Bonchev–Trinajstić information content (AvgIpc) is 2.81. The van der Waals surface area contributed by atoms with Crippen LogP contribution in [0.5, 0.6) is 5.75 Å². The van der Waals surface area contributed by atoms with E-state index in [0.29, 0.717) is 30.9 Å². The Morgan fingerprint density at radius 2 is 1.62 bits per heavy atom. The Balaban J connectivity index is 1.54. The monoisotopic (exact) mass is 432 g/mol. The topological polar surface area (TPSA) is 82.7 Å². The van der Waals surface area contributed by atoms with Crippen LogP contribution in [0.1, 0.15) is 12.0 Å². The Hall–Kier alpha value is -4.00. The van der Waals surface area contributed by atoms with Gasteiger partial charge in [0.1, 0.15) is 5.75 Å². The Morgan fingerprint density at radius 3 is 2.34 bits per heavy atom. The third kappa shape index (κ3) is 6.77. The van der Waals surface area contributed by atoms with Crippen molar-refractivity contribution in [3.05, 3.63) is 84.4 Å². The van der Waals surface area contributed by atoms with Crippen LogP contribution in [0.25, 0.3) is 0 Å². The predicted octanol–water partition coefficient (Wildman–Crippen LogP) is 5.25. The van der Waals surface area contributed by atoms with E-state index in [0.717, 1.165) is 16.9 Å². The summed E-state index contributed by atoms with van der Waals surface area (Å²) in [5, 5.41) is 8.53.